The Labute approximate surface area is 115 Å². The summed E-state index contributed by atoms with van der Waals surface area (Å²) in [6.45, 7) is 9.64. The number of rotatable bonds is 5. The first-order chi connectivity index (χ1) is 9.10. The lowest BCUT2D eigenvalue weighted by atomic mass is 9.78. The molecule has 0 amide bonds. The summed E-state index contributed by atoms with van der Waals surface area (Å²) in [6.07, 6.45) is 5.14. The third-order valence-electron chi connectivity index (χ3n) is 4.39. The second-order valence-electron chi connectivity index (χ2n) is 6.07. The van der Waals surface area contributed by atoms with E-state index in [4.69, 9.17) is 0 Å². The second-order valence-corrected chi connectivity index (χ2v) is 6.07. The van der Waals surface area contributed by atoms with Crippen molar-refractivity contribution in [3.63, 3.8) is 0 Å². The molecule has 1 atom stereocenters. The number of hydrogen-bond donors (Lipinski definition) is 1. The highest BCUT2D eigenvalue weighted by Gasteiger charge is 2.33. The second kappa shape index (κ2) is 6.01. The predicted molar refractivity (Wildman–Crippen MR) is 74.7 cm³/mol. The molecule has 1 fully saturated rings. The SMILES string of the molecule is CC[C@]1(CO)CCCN(Cc2nncn2C(C)C)C1. The fourth-order valence-electron chi connectivity index (χ4n) is 2.99. The Hall–Kier alpha value is -0.940. The van der Waals surface area contributed by atoms with Crippen LogP contribution in [-0.4, -0.2) is 44.5 Å². The van der Waals surface area contributed by atoms with Crippen LogP contribution in [0.4, 0.5) is 0 Å². The van der Waals surface area contributed by atoms with Gasteiger partial charge in [0.1, 0.15) is 12.2 Å². The first-order valence-electron chi connectivity index (χ1n) is 7.32. The van der Waals surface area contributed by atoms with Crippen molar-refractivity contribution >= 4 is 0 Å². The van der Waals surface area contributed by atoms with E-state index < -0.39 is 0 Å². The number of hydrogen-bond acceptors (Lipinski definition) is 4. The number of likely N-dealkylation sites (tertiary alicyclic amines) is 1. The van der Waals surface area contributed by atoms with E-state index in [1.165, 1.54) is 0 Å². The molecule has 5 nitrogen and oxygen atoms in total. The summed E-state index contributed by atoms with van der Waals surface area (Å²) < 4.78 is 2.13. The normalized spacial score (nSPS) is 25.1. The molecule has 1 aliphatic heterocycles. The van der Waals surface area contributed by atoms with Gasteiger partial charge in [0, 0.05) is 24.6 Å². The van der Waals surface area contributed by atoms with Gasteiger partial charge < -0.3 is 9.67 Å². The number of nitrogens with zero attached hydrogens (tertiary/aromatic N) is 4. The minimum atomic E-state index is 0.0843. The molecule has 0 saturated carbocycles. The van der Waals surface area contributed by atoms with Gasteiger partial charge in [-0.05, 0) is 39.7 Å². The molecule has 0 bridgehead atoms. The Bertz CT molecular complexity index is 398. The molecular weight excluding hydrogens is 240 g/mol. The zero-order valence-electron chi connectivity index (χ0n) is 12.3. The van der Waals surface area contributed by atoms with Crippen LogP contribution in [0.15, 0.2) is 6.33 Å². The summed E-state index contributed by atoms with van der Waals surface area (Å²) in [4.78, 5) is 2.41. The van der Waals surface area contributed by atoms with Crippen LogP contribution in [0.2, 0.25) is 0 Å². The number of aromatic nitrogens is 3. The standard InChI is InChI=1S/C14H26N4O/c1-4-14(10-19)6-5-7-17(9-14)8-13-16-15-11-18(13)12(2)3/h11-12,19H,4-10H2,1-3H3/t14-/m0/s1. The van der Waals surface area contributed by atoms with Gasteiger partial charge in [0.15, 0.2) is 0 Å². The predicted octanol–water partition coefficient (Wildman–Crippen LogP) is 1.84. The monoisotopic (exact) mass is 266 g/mol. The summed E-state index contributed by atoms with van der Waals surface area (Å²) >= 11 is 0. The zero-order chi connectivity index (χ0) is 13.9. The number of aliphatic hydroxyl groups is 1. The minimum Gasteiger partial charge on any atom is -0.396 e. The van der Waals surface area contributed by atoms with Gasteiger partial charge in [0.2, 0.25) is 0 Å². The summed E-state index contributed by atoms with van der Waals surface area (Å²) in [7, 11) is 0. The molecule has 2 heterocycles. The van der Waals surface area contributed by atoms with Crippen molar-refractivity contribution in [3.05, 3.63) is 12.2 Å². The van der Waals surface area contributed by atoms with Crippen LogP contribution in [-0.2, 0) is 6.54 Å². The largest absolute Gasteiger partial charge is 0.396 e. The van der Waals surface area contributed by atoms with Crippen molar-refractivity contribution in [2.45, 2.75) is 52.6 Å². The van der Waals surface area contributed by atoms with Gasteiger partial charge in [-0.2, -0.15) is 0 Å². The van der Waals surface area contributed by atoms with Crippen molar-refractivity contribution in [2.24, 2.45) is 5.41 Å². The Kier molecular flexibility index (Phi) is 4.58. The maximum Gasteiger partial charge on any atom is 0.147 e. The van der Waals surface area contributed by atoms with Crippen molar-refractivity contribution in [2.75, 3.05) is 19.7 Å². The van der Waals surface area contributed by atoms with Gasteiger partial charge in [-0.25, -0.2) is 0 Å². The van der Waals surface area contributed by atoms with Crippen LogP contribution in [0, 0.1) is 5.41 Å². The first kappa shape index (κ1) is 14.5. The molecular formula is C14H26N4O. The minimum absolute atomic E-state index is 0.0843. The van der Waals surface area contributed by atoms with Gasteiger partial charge in [-0.15, -0.1) is 10.2 Å². The van der Waals surface area contributed by atoms with Gasteiger partial charge >= 0.3 is 0 Å². The highest BCUT2D eigenvalue weighted by atomic mass is 16.3. The topological polar surface area (TPSA) is 54.2 Å². The summed E-state index contributed by atoms with van der Waals surface area (Å²) in [5, 5.41) is 17.9. The fraction of sp³-hybridized carbons (Fsp3) is 0.857. The molecule has 1 aromatic rings. The third-order valence-corrected chi connectivity index (χ3v) is 4.39. The van der Waals surface area contributed by atoms with Gasteiger partial charge in [-0.1, -0.05) is 6.92 Å². The summed E-state index contributed by atoms with van der Waals surface area (Å²) in [5.41, 5.74) is 0.0843. The smallest absolute Gasteiger partial charge is 0.147 e. The van der Waals surface area contributed by atoms with Crippen LogP contribution in [0.25, 0.3) is 0 Å². The van der Waals surface area contributed by atoms with E-state index in [9.17, 15) is 5.11 Å². The lowest BCUT2D eigenvalue weighted by Crippen LogP contribution is -2.45. The quantitative estimate of drug-likeness (QED) is 0.883. The number of piperidine rings is 1. The van der Waals surface area contributed by atoms with E-state index in [2.05, 4.69) is 40.4 Å². The molecule has 1 saturated heterocycles. The lowest BCUT2D eigenvalue weighted by molar-refractivity contribution is 0.0242. The molecule has 2 rings (SSSR count). The molecule has 0 spiro atoms. The van der Waals surface area contributed by atoms with Crippen LogP contribution in [0.1, 0.15) is 51.9 Å². The Morgan fingerprint density at radius 2 is 2.26 bits per heavy atom. The van der Waals surface area contributed by atoms with E-state index in [1.807, 2.05) is 6.33 Å². The lowest BCUT2D eigenvalue weighted by Gasteiger charge is -2.41. The van der Waals surface area contributed by atoms with Crippen molar-refractivity contribution in [1.29, 1.82) is 0 Å². The maximum absolute atomic E-state index is 9.67. The molecule has 0 aromatic carbocycles. The molecule has 19 heavy (non-hydrogen) atoms. The van der Waals surface area contributed by atoms with E-state index in [-0.39, 0.29) is 12.0 Å². The third kappa shape index (κ3) is 3.15. The van der Waals surface area contributed by atoms with Crippen molar-refractivity contribution < 1.29 is 5.11 Å². The molecule has 0 aliphatic carbocycles. The highest BCUT2D eigenvalue weighted by Crippen LogP contribution is 2.33. The first-order valence-corrected chi connectivity index (χ1v) is 7.32. The Balaban J connectivity index is 2.04. The van der Waals surface area contributed by atoms with Crippen molar-refractivity contribution in [3.8, 4) is 0 Å². The van der Waals surface area contributed by atoms with Gasteiger partial charge in [0.05, 0.1) is 6.54 Å². The fourth-order valence-corrected chi connectivity index (χ4v) is 2.99. The summed E-state index contributed by atoms with van der Waals surface area (Å²) in [6, 6.07) is 0.392. The van der Waals surface area contributed by atoms with Gasteiger partial charge in [0.25, 0.3) is 0 Å². The van der Waals surface area contributed by atoms with E-state index in [0.717, 1.165) is 44.7 Å². The van der Waals surface area contributed by atoms with Crippen LogP contribution in [0.5, 0.6) is 0 Å². The van der Waals surface area contributed by atoms with Crippen LogP contribution in [0.3, 0.4) is 0 Å². The van der Waals surface area contributed by atoms with E-state index in [1.54, 1.807) is 0 Å². The zero-order valence-corrected chi connectivity index (χ0v) is 12.3. The average molecular weight is 266 g/mol. The highest BCUT2D eigenvalue weighted by molar-refractivity contribution is 4.92. The maximum atomic E-state index is 9.67. The Morgan fingerprint density at radius 1 is 1.47 bits per heavy atom. The molecule has 108 valence electrons. The van der Waals surface area contributed by atoms with Crippen molar-refractivity contribution in [1.82, 2.24) is 19.7 Å². The molecule has 5 heteroatoms. The Morgan fingerprint density at radius 3 is 2.89 bits per heavy atom. The average Bonchev–Trinajstić information content (AvgIpc) is 2.87. The van der Waals surface area contributed by atoms with E-state index in [0.29, 0.717) is 6.04 Å². The van der Waals surface area contributed by atoms with E-state index >= 15 is 0 Å². The van der Waals surface area contributed by atoms with Crippen LogP contribution >= 0.6 is 0 Å². The molecule has 0 unspecified atom stereocenters. The van der Waals surface area contributed by atoms with Crippen LogP contribution < -0.4 is 0 Å². The summed E-state index contributed by atoms with van der Waals surface area (Å²) in [5.74, 6) is 1.03. The molecule has 1 aromatic heterocycles. The molecule has 1 aliphatic rings. The number of aliphatic hydroxyl groups excluding tert-OH is 1. The van der Waals surface area contributed by atoms with Gasteiger partial charge in [-0.3, -0.25) is 4.90 Å². The molecule has 0 radical (unpaired) electrons. The molecule has 1 N–H and O–H groups in total.